The second-order valence-corrected chi connectivity index (χ2v) is 5.80. The highest BCUT2D eigenvalue weighted by Crippen LogP contribution is 2.24. The minimum atomic E-state index is -0.103. The predicted molar refractivity (Wildman–Crippen MR) is 99.6 cm³/mol. The summed E-state index contributed by atoms with van der Waals surface area (Å²) in [6.45, 7) is 0.451. The Labute approximate surface area is 157 Å². The average molecular weight is 367 g/mol. The highest BCUT2D eigenvalue weighted by atomic mass is 16.5. The highest BCUT2D eigenvalue weighted by molar-refractivity contribution is 5.79. The molecule has 0 atom stereocenters. The predicted octanol–water partition coefficient (Wildman–Crippen LogP) is 1.79. The molecular weight excluding hydrogens is 346 g/mol. The van der Waals surface area contributed by atoms with E-state index in [0.29, 0.717) is 36.1 Å². The maximum atomic E-state index is 12.2. The summed E-state index contributed by atoms with van der Waals surface area (Å²) in [5.41, 5.74) is 1.61. The first-order valence-corrected chi connectivity index (χ1v) is 8.49. The summed E-state index contributed by atoms with van der Waals surface area (Å²) in [6.07, 6.45) is 4.16. The molecular formula is C19H21N5O3. The van der Waals surface area contributed by atoms with Crippen LogP contribution in [0.5, 0.6) is 11.5 Å². The van der Waals surface area contributed by atoms with Crippen molar-refractivity contribution in [3.05, 3.63) is 54.1 Å². The SMILES string of the molecule is COc1ccc(OC)c(CC(=O)NCCc2nc(-c3cccnc3)n[nH]2)c1. The lowest BCUT2D eigenvalue weighted by Gasteiger charge is -2.10. The number of hydrogen-bond acceptors (Lipinski definition) is 6. The highest BCUT2D eigenvalue weighted by Gasteiger charge is 2.11. The minimum absolute atomic E-state index is 0.103. The Balaban J connectivity index is 1.52. The first kappa shape index (κ1) is 18.4. The molecule has 8 nitrogen and oxygen atoms in total. The van der Waals surface area contributed by atoms with E-state index in [0.717, 1.165) is 11.1 Å². The van der Waals surface area contributed by atoms with Crippen LogP contribution in [0.15, 0.2) is 42.7 Å². The fourth-order valence-corrected chi connectivity index (χ4v) is 2.61. The van der Waals surface area contributed by atoms with Gasteiger partial charge >= 0.3 is 0 Å². The van der Waals surface area contributed by atoms with Crippen molar-refractivity contribution in [1.82, 2.24) is 25.5 Å². The van der Waals surface area contributed by atoms with Crippen LogP contribution >= 0.6 is 0 Å². The number of aromatic nitrogens is 4. The van der Waals surface area contributed by atoms with E-state index in [9.17, 15) is 4.79 Å². The van der Waals surface area contributed by atoms with Crippen molar-refractivity contribution in [2.45, 2.75) is 12.8 Å². The minimum Gasteiger partial charge on any atom is -0.497 e. The average Bonchev–Trinajstić information content (AvgIpc) is 3.17. The summed E-state index contributed by atoms with van der Waals surface area (Å²) in [4.78, 5) is 20.7. The molecule has 140 valence electrons. The Kier molecular flexibility index (Phi) is 5.98. The van der Waals surface area contributed by atoms with Crippen molar-refractivity contribution in [1.29, 1.82) is 0 Å². The first-order valence-electron chi connectivity index (χ1n) is 8.49. The number of methoxy groups -OCH3 is 2. The monoisotopic (exact) mass is 367 g/mol. The van der Waals surface area contributed by atoms with Crippen LogP contribution in [0.1, 0.15) is 11.4 Å². The van der Waals surface area contributed by atoms with Gasteiger partial charge in [-0.1, -0.05) is 0 Å². The van der Waals surface area contributed by atoms with Crippen LogP contribution in [0, 0.1) is 0 Å². The van der Waals surface area contributed by atoms with E-state index >= 15 is 0 Å². The third-order valence-electron chi connectivity index (χ3n) is 3.97. The lowest BCUT2D eigenvalue weighted by molar-refractivity contribution is -0.120. The van der Waals surface area contributed by atoms with Gasteiger partial charge in [0.05, 0.1) is 20.6 Å². The topological polar surface area (TPSA) is 102 Å². The molecule has 0 saturated carbocycles. The molecule has 2 aromatic heterocycles. The summed E-state index contributed by atoms with van der Waals surface area (Å²) in [7, 11) is 3.16. The number of hydrogen-bond donors (Lipinski definition) is 2. The van der Waals surface area contributed by atoms with Gasteiger partial charge in [0.15, 0.2) is 5.82 Å². The molecule has 0 aliphatic carbocycles. The van der Waals surface area contributed by atoms with Crippen LogP contribution in [0.2, 0.25) is 0 Å². The Morgan fingerprint density at radius 2 is 2.11 bits per heavy atom. The molecule has 3 aromatic rings. The molecule has 0 fully saturated rings. The third-order valence-corrected chi connectivity index (χ3v) is 3.97. The Bertz CT molecular complexity index is 895. The smallest absolute Gasteiger partial charge is 0.224 e. The number of rotatable bonds is 8. The number of nitrogens with zero attached hydrogens (tertiary/aromatic N) is 3. The molecule has 8 heteroatoms. The Morgan fingerprint density at radius 1 is 1.22 bits per heavy atom. The molecule has 0 unspecified atom stereocenters. The van der Waals surface area contributed by atoms with Crippen molar-refractivity contribution >= 4 is 5.91 Å². The maximum Gasteiger partial charge on any atom is 0.224 e. The van der Waals surface area contributed by atoms with E-state index < -0.39 is 0 Å². The molecule has 0 radical (unpaired) electrons. The number of carbonyl (C=O) groups is 1. The van der Waals surface area contributed by atoms with Gasteiger partial charge in [-0.25, -0.2) is 4.98 Å². The molecule has 0 aliphatic heterocycles. The number of nitrogens with one attached hydrogen (secondary N) is 2. The van der Waals surface area contributed by atoms with Crippen LogP contribution in [0.3, 0.4) is 0 Å². The van der Waals surface area contributed by atoms with E-state index in [4.69, 9.17) is 9.47 Å². The van der Waals surface area contributed by atoms with Gasteiger partial charge in [-0.2, -0.15) is 5.10 Å². The van der Waals surface area contributed by atoms with Crippen LogP contribution in [-0.4, -0.2) is 46.8 Å². The molecule has 0 saturated heterocycles. The van der Waals surface area contributed by atoms with Crippen molar-refractivity contribution in [3.63, 3.8) is 0 Å². The van der Waals surface area contributed by atoms with Crippen molar-refractivity contribution < 1.29 is 14.3 Å². The molecule has 1 amide bonds. The summed E-state index contributed by atoms with van der Waals surface area (Å²) >= 11 is 0. The lowest BCUT2D eigenvalue weighted by atomic mass is 10.1. The van der Waals surface area contributed by atoms with E-state index in [1.54, 1.807) is 44.8 Å². The summed E-state index contributed by atoms with van der Waals surface area (Å²) in [6, 6.07) is 9.11. The fourth-order valence-electron chi connectivity index (χ4n) is 2.61. The van der Waals surface area contributed by atoms with Gasteiger partial charge < -0.3 is 14.8 Å². The van der Waals surface area contributed by atoms with Gasteiger partial charge in [-0.3, -0.25) is 14.9 Å². The molecule has 27 heavy (non-hydrogen) atoms. The lowest BCUT2D eigenvalue weighted by Crippen LogP contribution is -2.27. The molecule has 0 aliphatic rings. The van der Waals surface area contributed by atoms with Gasteiger partial charge in [0.25, 0.3) is 0 Å². The summed E-state index contributed by atoms with van der Waals surface area (Å²) < 4.78 is 10.5. The normalized spacial score (nSPS) is 10.4. The van der Waals surface area contributed by atoms with E-state index in [1.807, 2.05) is 12.1 Å². The summed E-state index contributed by atoms with van der Waals surface area (Å²) in [5.74, 6) is 2.53. The number of ether oxygens (including phenoxy) is 2. The van der Waals surface area contributed by atoms with Crippen LogP contribution < -0.4 is 14.8 Å². The fraction of sp³-hybridized carbons (Fsp3) is 0.263. The maximum absolute atomic E-state index is 12.2. The first-order chi connectivity index (χ1) is 13.2. The van der Waals surface area contributed by atoms with Crippen LogP contribution in [-0.2, 0) is 17.6 Å². The molecule has 2 N–H and O–H groups in total. The van der Waals surface area contributed by atoms with E-state index in [2.05, 4.69) is 25.5 Å². The van der Waals surface area contributed by atoms with Crippen LogP contribution in [0.4, 0.5) is 0 Å². The van der Waals surface area contributed by atoms with Crippen molar-refractivity contribution in [2.75, 3.05) is 20.8 Å². The number of carbonyl (C=O) groups excluding carboxylic acids is 1. The third kappa shape index (κ3) is 4.81. The van der Waals surface area contributed by atoms with E-state index in [-0.39, 0.29) is 12.3 Å². The number of H-pyrrole nitrogens is 1. The van der Waals surface area contributed by atoms with E-state index in [1.165, 1.54) is 0 Å². The standard InChI is InChI=1S/C19H21N5O3/c1-26-15-5-6-16(27-2)14(10-15)11-18(25)21-9-7-17-22-19(24-23-17)13-4-3-8-20-12-13/h3-6,8,10,12H,7,9,11H2,1-2H3,(H,21,25)(H,22,23,24). The van der Waals surface area contributed by atoms with Gasteiger partial charge in [0.2, 0.25) is 5.91 Å². The van der Waals surface area contributed by atoms with Gasteiger partial charge in [-0.05, 0) is 30.3 Å². The zero-order valence-corrected chi connectivity index (χ0v) is 15.2. The van der Waals surface area contributed by atoms with Gasteiger partial charge in [0, 0.05) is 36.5 Å². The second-order valence-electron chi connectivity index (χ2n) is 5.80. The largest absolute Gasteiger partial charge is 0.497 e. The Hall–Kier alpha value is -3.42. The van der Waals surface area contributed by atoms with Gasteiger partial charge in [0.1, 0.15) is 17.3 Å². The number of pyridine rings is 1. The Morgan fingerprint density at radius 3 is 2.85 bits per heavy atom. The molecule has 3 rings (SSSR count). The second kappa shape index (κ2) is 8.79. The van der Waals surface area contributed by atoms with Crippen LogP contribution in [0.25, 0.3) is 11.4 Å². The van der Waals surface area contributed by atoms with Gasteiger partial charge in [-0.15, -0.1) is 0 Å². The molecule has 1 aromatic carbocycles. The van der Waals surface area contributed by atoms with Crippen molar-refractivity contribution in [2.24, 2.45) is 0 Å². The molecule has 0 bridgehead atoms. The van der Waals surface area contributed by atoms with Crippen molar-refractivity contribution in [3.8, 4) is 22.9 Å². The number of aromatic amines is 1. The number of benzene rings is 1. The molecule has 0 spiro atoms. The zero-order valence-electron chi connectivity index (χ0n) is 15.2. The molecule has 2 heterocycles. The summed E-state index contributed by atoms with van der Waals surface area (Å²) in [5, 5.41) is 9.94. The quantitative estimate of drug-likeness (QED) is 0.629. The number of amides is 1. The zero-order chi connectivity index (χ0) is 19.1.